The molecule has 0 fully saturated rings. The Bertz CT molecular complexity index is 1140. The highest BCUT2D eigenvalue weighted by Gasteiger charge is 2.17. The molecule has 2 aromatic heterocycles. The van der Waals surface area contributed by atoms with Crippen molar-refractivity contribution in [2.24, 2.45) is 0 Å². The van der Waals surface area contributed by atoms with Crippen LogP contribution in [0.1, 0.15) is 48.0 Å². The molecule has 4 aromatic rings. The van der Waals surface area contributed by atoms with E-state index in [1.165, 1.54) is 11.3 Å². The van der Waals surface area contributed by atoms with Gasteiger partial charge in [-0.2, -0.15) is 0 Å². The van der Waals surface area contributed by atoms with Crippen LogP contribution in [0.5, 0.6) is 0 Å². The monoisotopic (exact) mass is 402 g/mol. The zero-order valence-electron chi connectivity index (χ0n) is 16.4. The minimum absolute atomic E-state index is 0.202. The Morgan fingerprint density at radius 3 is 2.62 bits per heavy atom. The summed E-state index contributed by atoms with van der Waals surface area (Å²) >= 11 is 1.44. The second-order valence-corrected chi connectivity index (χ2v) is 8.04. The molecular weight excluding hydrogens is 380 g/mol. The summed E-state index contributed by atoms with van der Waals surface area (Å²) < 4.78 is 0. The Kier molecular flexibility index (Phi) is 5.62. The lowest BCUT2D eigenvalue weighted by atomic mass is 10.0. The first-order valence-electron chi connectivity index (χ1n) is 9.75. The fraction of sp³-hybridized carbons (Fsp3) is 0.217. The van der Waals surface area contributed by atoms with Crippen molar-refractivity contribution in [2.45, 2.75) is 32.6 Å². The average molecular weight is 403 g/mol. The Morgan fingerprint density at radius 1 is 1.07 bits per heavy atom. The summed E-state index contributed by atoms with van der Waals surface area (Å²) in [5, 5.41) is 13.6. The van der Waals surface area contributed by atoms with E-state index in [1.807, 2.05) is 60.7 Å². The van der Waals surface area contributed by atoms with Crippen LogP contribution in [-0.4, -0.2) is 21.1 Å². The molecular formula is C23H22N4OS. The third-order valence-electron chi connectivity index (χ3n) is 4.83. The number of para-hydroxylation sites is 1. The quantitative estimate of drug-likeness (QED) is 0.435. The molecule has 146 valence electrons. The number of pyridine rings is 1. The summed E-state index contributed by atoms with van der Waals surface area (Å²) in [6.45, 7) is 4.29. The van der Waals surface area contributed by atoms with Gasteiger partial charge in [0.25, 0.3) is 5.91 Å². The predicted molar refractivity (Wildman–Crippen MR) is 118 cm³/mol. The van der Waals surface area contributed by atoms with E-state index in [0.29, 0.717) is 16.6 Å². The maximum atomic E-state index is 13.1. The van der Waals surface area contributed by atoms with Gasteiger partial charge in [-0.3, -0.25) is 10.1 Å². The molecule has 1 N–H and O–H groups in total. The molecule has 6 heteroatoms. The lowest BCUT2D eigenvalue weighted by Crippen LogP contribution is -2.13. The highest BCUT2D eigenvalue weighted by molar-refractivity contribution is 7.15. The molecule has 2 aromatic carbocycles. The topological polar surface area (TPSA) is 67.8 Å². The number of aromatic nitrogens is 3. The molecule has 0 radical (unpaired) electrons. The zero-order chi connectivity index (χ0) is 20.2. The van der Waals surface area contributed by atoms with Crippen molar-refractivity contribution in [3.63, 3.8) is 0 Å². The lowest BCUT2D eigenvalue weighted by Gasteiger charge is -2.09. The normalized spacial score (nSPS) is 12.1. The molecule has 0 spiro atoms. The molecule has 0 aliphatic carbocycles. The van der Waals surface area contributed by atoms with E-state index in [1.54, 1.807) is 0 Å². The Morgan fingerprint density at radius 2 is 1.83 bits per heavy atom. The standard InChI is InChI=1S/C23H22N4OS/c1-3-9-15(2)22-26-27-23(29-22)25-21(28)18-14-20(16-10-5-4-6-11-16)24-19-13-8-7-12-17(18)19/h4-8,10-15H,3,9H2,1-2H3,(H,25,27,28)/t15-/m1/s1. The summed E-state index contributed by atoms with van der Waals surface area (Å²) in [5.41, 5.74) is 3.10. The summed E-state index contributed by atoms with van der Waals surface area (Å²) in [6, 6.07) is 19.4. The summed E-state index contributed by atoms with van der Waals surface area (Å²) in [5.74, 6) is 0.140. The number of rotatable bonds is 6. The molecule has 0 unspecified atom stereocenters. The second kappa shape index (κ2) is 8.49. The van der Waals surface area contributed by atoms with Crippen molar-refractivity contribution in [3.8, 4) is 11.3 Å². The van der Waals surface area contributed by atoms with Gasteiger partial charge in [-0.05, 0) is 18.6 Å². The molecule has 5 nitrogen and oxygen atoms in total. The number of carbonyl (C=O) groups is 1. The van der Waals surface area contributed by atoms with Crippen LogP contribution in [0.2, 0.25) is 0 Å². The SMILES string of the molecule is CCC[C@@H](C)c1nnc(NC(=O)c2cc(-c3ccccc3)nc3ccccc23)s1. The molecule has 0 aliphatic rings. The van der Waals surface area contributed by atoms with Crippen LogP contribution in [0, 0.1) is 0 Å². The van der Waals surface area contributed by atoms with Crippen molar-refractivity contribution < 1.29 is 4.79 Å². The van der Waals surface area contributed by atoms with Crippen LogP contribution in [0.4, 0.5) is 5.13 Å². The second-order valence-electron chi connectivity index (χ2n) is 7.03. The van der Waals surface area contributed by atoms with Crippen LogP contribution >= 0.6 is 11.3 Å². The van der Waals surface area contributed by atoms with Crippen LogP contribution in [0.3, 0.4) is 0 Å². The molecule has 0 saturated carbocycles. The molecule has 0 bridgehead atoms. The molecule has 1 amide bonds. The minimum atomic E-state index is -0.202. The van der Waals surface area contributed by atoms with Crippen molar-refractivity contribution in [1.82, 2.24) is 15.2 Å². The molecule has 4 rings (SSSR count). The third-order valence-corrected chi connectivity index (χ3v) is 5.90. The zero-order valence-corrected chi connectivity index (χ0v) is 17.2. The number of anilines is 1. The van der Waals surface area contributed by atoms with Gasteiger partial charge >= 0.3 is 0 Å². The van der Waals surface area contributed by atoms with Crippen LogP contribution < -0.4 is 5.32 Å². The van der Waals surface area contributed by atoms with Gasteiger partial charge in [-0.1, -0.05) is 80.1 Å². The van der Waals surface area contributed by atoms with Gasteiger partial charge < -0.3 is 0 Å². The average Bonchev–Trinajstić information content (AvgIpc) is 3.22. The smallest absolute Gasteiger partial charge is 0.258 e. The molecule has 1 atom stereocenters. The molecule has 0 aliphatic heterocycles. The summed E-state index contributed by atoms with van der Waals surface area (Å²) in [7, 11) is 0. The van der Waals surface area contributed by atoms with Crippen LogP contribution in [0.15, 0.2) is 60.7 Å². The Balaban J connectivity index is 1.68. The molecule has 0 saturated heterocycles. The van der Waals surface area contributed by atoms with Gasteiger partial charge in [0.2, 0.25) is 5.13 Å². The fourth-order valence-electron chi connectivity index (χ4n) is 3.33. The van der Waals surface area contributed by atoms with E-state index >= 15 is 0 Å². The van der Waals surface area contributed by atoms with Crippen molar-refractivity contribution in [1.29, 1.82) is 0 Å². The summed E-state index contributed by atoms with van der Waals surface area (Å²) in [6.07, 6.45) is 2.14. The first-order valence-corrected chi connectivity index (χ1v) is 10.6. The number of benzene rings is 2. The van der Waals surface area contributed by atoms with E-state index in [0.717, 1.165) is 40.0 Å². The molecule has 2 heterocycles. The number of fused-ring (bicyclic) bond motifs is 1. The van der Waals surface area contributed by atoms with E-state index in [-0.39, 0.29) is 5.91 Å². The molecule has 29 heavy (non-hydrogen) atoms. The van der Waals surface area contributed by atoms with Crippen LogP contribution in [-0.2, 0) is 0 Å². The predicted octanol–water partition coefficient (Wildman–Crippen LogP) is 5.91. The van der Waals surface area contributed by atoms with Crippen molar-refractivity contribution in [3.05, 3.63) is 71.2 Å². The highest BCUT2D eigenvalue weighted by atomic mass is 32.1. The minimum Gasteiger partial charge on any atom is -0.296 e. The number of carbonyl (C=O) groups excluding carboxylic acids is 1. The Hall–Kier alpha value is -3.12. The van der Waals surface area contributed by atoms with Gasteiger partial charge in [0.1, 0.15) is 5.01 Å². The van der Waals surface area contributed by atoms with Gasteiger partial charge in [-0.25, -0.2) is 4.98 Å². The lowest BCUT2D eigenvalue weighted by molar-refractivity contribution is 0.102. The first-order chi connectivity index (χ1) is 14.2. The Labute approximate surface area is 173 Å². The van der Waals surface area contributed by atoms with E-state index in [4.69, 9.17) is 4.98 Å². The third kappa shape index (κ3) is 4.17. The number of nitrogens with one attached hydrogen (secondary N) is 1. The largest absolute Gasteiger partial charge is 0.296 e. The van der Waals surface area contributed by atoms with Gasteiger partial charge in [0, 0.05) is 16.9 Å². The van der Waals surface area contributed by atoms with E-state index in [2.05, 4.69) is 29.4 Å². The fourth-order valence-corrected chi connectivity index (χ4v) is 4.15. The maximum Gasteiger partial charge on any atom is 0.258 e. The van der Waals surface area contributed by atoms with Gasteiger partial charge in [-0.15, -0.1) is 10.2 Å². The van der Waals surface area contributed by atoms with Crippen LogP contribution in [0.25, 0.3) is 22.2 Å². The number of amides is 1. The number of hydrogen-bond donors (Lipinski definition) is 1. The first kappa shape index (κ1) is 19.2. The number of nitrogens with zero attached hydrogens (tertiary/aromatic N) is 3. The van der Waals surface area contributed by atoms with Crippen molar-refractivity contribution >= 4 is 33.3 Å². The van der Waals surface area contributed by atoms with Crippen molar-refractivity contribution in [2.75, 3.05) is 5.32 Å². The van der Waals surface area contributed by atoms with Gasteiger partial charge in [0.05, 0.1) is 16.8 Å². The summed E-state index contributed by atoms with van der Waals surface area (Å²) in [4.78, 5) is 17.9. The maximum absolute atomic E-state index is 13.1. The number of hydrogen-bond acceptors (Lipinski definition) is 5. The van der Waals surface area contributed by atoms with Gasteiger partial charge in [0.15, 0.2) is 0 Å². The van der Waals surface area contributed by atoms with E-state index < -0.39 is 0 Å². The van der Waals surface area contributed by atoms with E-state index in [9.17, 15) is 4.79 Å². The highest BCUT2D eigenvalue weighted by Crippen LogP contribution is 2.28.